The fraction of sp³-hybridized carbons (Fsp3) is 0.647. The molecule has 0 unspecified atom stereocenters. The van der Waals surface area contributed by atoms with Gasteiger partial charge in [0.1, 0.15) is 0 Å². The van der Waals surface area contributed by atoms with Crippen LogP contribution in [-0.4, -0.2) is 18.4 Å². The molecular weight excluding hydrogens is 298 g/mol. The number of alkyl halides is 1. The van der Waals surface area contributed by atoms with Crippen LogP contribution in [0.4, 0.5) is 5.69 Å². The zero-order valence-corrected chi connectivity index (χ0v) is 13.3. The molecule has 0 spiro atoms. The summed E-state index contributed by atoms with van der Waals surface area (Å²) in [7, 11) is 0. The number of hydrogen-bond acceptors (Lipinski definition) is 1. The van der Waals surface area contributed by atoms with E-state index in [1.165, 1.54) is 69.1 Å². The van der Waals surface area contributed by atoms with Crippen LogP contribution in [-0.2, 0) is 6.42 Å². The summed E-state index contributed by atoms with van der Waals surface area (Å²) in [4.78, 5) is 2.64. The fourth-order valence-electron chi connectivity index (χ4n) is 3.79. The fourth-order valence-corrected chi connectivity index (χ4v) is 4.53. The molecule has 1 aromatic rings. The summed E-state index contributed by atoms with van der Waals surface area (Å²) in [5, 5.41) is 1.17. The van der Waals surface area contributed by atoms with E-state index in [0.29, 0.717) is 5.41 Å². The minimum absolute atomic E-state index is 0.508. The first-order valence-electron chi connectivity index (χ1n) is 7.72. The van der Waals surface area contributed by atoms with Crippen LogP contribution in [0.1, 0.15) is 44.1 Å². The van der Waals surface area contributed by atoms with E-state index in [1.54, 1.807) is 5.56 Å². The Kier molecular flexibility index (Phi) is 4.16. The summed E-state index contributed by atoms with van der Waals surface area (Å²) in [6.45, 7) is 2.46. The molecule has 1 nitrogen and oxygen atoms in total. The number of fused-ring (bicyclic) bond motifs is 1. The normalized spacial score (nSPS) is 22.1. The molecule has 2 aliphatic rings. The van der Waals surface area contributed by atoms with Gasteiger partial charge in [0.05, 0.1) is 0 Å². The van der Waals surface area contributed by atoms with E-state index in [-0.39, 0.29) is 0 Å². The Balaban J connectivity index is 1.76. The van der Waals surface area contributed by atoms with Crippen LogP contribution in [0.25, 0.3) is 0 Å². The quantitative estimate of drug-likeness (QED) is 0.571. The molecule has 1 heterocycles. The van der Waals surface area contributed by atoms with Gasteiger partial charge in [-0.1, -0.05) is 59.8 Å². The lowest BCUT2D eigenvalue weighted by molar-refractivity contribution is 0.292. The average molecular weight is 322 g/mol. The van der Waals surface area contributed by atoms with Crippen LogP contribution in [0.15, 0.2) is 24.3 Å². The maximum absolute atomic E-state index is 3.82. The maximum Gasteiger partial charge on any atom is 0.0399 e. The van der Waals surface area contributed by atoms with Gasteiger partial charge in [-0.2, -0.15) is 0 Å². The van der Waals surface area contributed by atoms with E-state index in [2.05, 4.69) is 45.1 Å². The van der Waals surface area contributed by atoms with Gasteiger partial charge in [0.15, 0.2) is 0 Å². The summed E-state index contributed by atoms with van der Waals surface area (Å²) >= 11 is 3.82. The molecule has 104 valence electrons. The zero-order chi connectivity index (χ0) is 13.1. The van der Waals surface area contributed by atoms with E-state index < -0.39 is 0 Å². The molecule has 0 radical (unpaired) electrons. The molecule has 2 heteroatoms. The third-order valence-electron chi connectivity index (χ3n) is 4.96. The molecule has 1 fully saturated rings. The molecule has 19 heavy (non-hydrogen) atoms. The number of anilines is 1. The lowest BCUT2D eigenvalue weighted by Crippen LogP contribution is -2.38. The van der Waals surface area contributed by atoms with Crippen molar-refractivity contribution in [1.29, 1.82) is 0 Å². The van der Waals surface area contributed by atoms with Crippen molar-refractivity contribution in [3.05, 3.63) is 29.8 Å². The minimum atomic E-state index is 0.508. The third kappa shape index (κ3) is 2.84. The summed E-state index contributed by atoms with van der Waals surface area (Å²) in [5.74, 6) is 0. The van der Waals surface area contributed by atoms with E-state index in [1.807, 2.05) is 0 Å². The number of para-hydroxylation sites is 1. The number of hydrogen-bond donors (Lipinski definition) is 0. The average Bonchev–Trinajstić information content (AvgIpc) is 2.70. The van der Waals surface area contributed by atoms with Gasteiger partial charge in [0.2, 0.25) is 0 Å². The Morgan fingerprint density at radius 2 is 1.79 bits per heavy atom. The molecular formula is C17H24BrN. The zero-order valence-electron chi connectivity index (χ0n) is 11.7. The molecule has 1 aromatic carbocycles. The Labute approximate surface area is 125 Å². The Morgan fingerprint density at radius 3 is 2.53 bits per heavy atom. The number of rotatable bonds is 3. The Morgan fingerprint density at radius 1 is 1.05 bits per heavy atom. The minimum Gasteiger partial charge on any atom is -0.370 e. The number of benzene rings is 1. The first-order chi connectivity index (χ1) is 9.33. The molecule has 1 aliphatic heterocycles. The highest BCUT2D eigenvalue weighted by Gasteiger charge is 2.33. The predicted octanol–water partition coefficient (Wildman–Crippen LogP) is 4.78. The van der Waals surface area contributed by atoms with Crippen molar-refractivity contribution in [3.63, 3.8) is 0 Å². The highest BCUT2D eigenvalue weighted by molar-refractivity contribution is 9.09. The van der Waals surface area contributed by atoms with Gasteiger partial charge in [0.25, 0.3) is 0 Å². The second kappa shape index (κ2) is 5.87. The largest absolute Gasteiger partial charge is 0.370 e. The van der Waals surface area contributed by atoms with E-state index >= 15 is 0 Å². The van der Waals surface area contributed by atoms with Gasteiger partial charge in [-0.3, -0.25) is 0 Å². The second-order valence-electron chi connectivity index (χ2n) is 6.35. The molecule has 0 atom stereocenters. The van der Waals surface area contributed by atoms with Crippen LogP contribution in [0.5, 0.6) is 0 Å². The van der Waals surface area contributed by atoms with Gasteiger partial charge < -0.3 is 4.90 Å². The standard InChI is InChI=1S/C17H24BrN/c18-13-17(10-5-1-2-6-11-17)14-19-12-9-15-7-3-4-8-16(15)19/h3-4,7-8H,1-2,5-6,9-14H2. The van der Waals surface area contributed by atoms with Crippen molar-refractivity contribution < 1.29 is 0 Å². The second-order valence-corrected chi connectivity index (χ2v) is 6.91. The first kappa shape index (κ1) is 13.5. The molecule has 0 amide bonds. The van der Waals surface area contributed by atoms with E-state index in [0.717, 1.165) is 0 Å². The monoisotopic (exact) mass is 321 g/mol. The van der Waals surface area contributed by atoms with Crippen LogP contribution in [0.2, 0.25) is 0 Å². The topological polar surface area (TPSA) is 3.24 Å². The summed E-state index contributed by atoms with van der Waals surface area (Å²) < 4.78 is 0. The van der Waals surface area contributed by atoms with Crippen molar-refractivity contribution in [2.45, 2.75) is 44.9 Å². The van der Waals surface area contributed by atoms with Gasteiger partial charge in [0, 0.05) is 24.1 Å². The van der Waals surface area contributed by atoms with Crippen molar-refractivity contribution in [2.24, 2.45) is 5.41 Å². The summed E-state index contributed by atoms with van der Waals surface area (Å²) in [6, 6.07) is 8.96. The molecule has 0 N–H and O–H groups in total. The van der Waals surface area contributed by atoms with Crippen molar-refractivity contribution >= 4 is 21.6 Å². The Bertz CT molecular complexity index is 421. The van der Waals surface area contributed by atoms with E-state index in [4.69, 9.17) is 0 Å². The number of nitrogens with zero attached hydrogens (tertiary/aromatic N) is 1. The summed E-state index contributed by atoms with van der Waals surface area (Å²) in [6.07, 6.45) is 9.74. The van der Waals surface area contributed by atoms with Crippen LogP contribution < -0.4 is 4.90 Å². The van der Waals surface area contributed by atoms with Crippen LogP contribution in [0, 0.1) is 5.41 Å². The van der Waals surface area contributed by atoms with Crippen molar-refractivity contribution in [2.75, 3.05) is 23.3 Å². The molecule has 1 aliphatic carbocycles. The molecule has 1 saturated carbocycles. The molecule has 0 saturated heterocycles. The van der Waals surface area contributed by atoms with Crippen molar-refractivity contribution in [3.8, 4) is 0 Å². The van der Waals surface area contributed by atoms with Crippen LogP contribution >= 0.6 is 15.9 Å². The molecule has 3 rings (SSSR count). The third-order valence-corrected chi connectivity index (χ3v) is 6.15. The SMILES string of the molecule is BrCC1(CN2CCc3ccccc32)CCCCCC1. The lowest BCUT2D eigenvalue weighted by atomic mass is 9.82. The molecule has 0 aromatic heterocycles. The predicted molar refractivity (Wildman–Crippen MR) is 86.3 cm³/mol. The lowest BCUT2D eigenvalue weighted by Gasteiger charge is -2.36. The van der Waals surface area contributed by atoms with Gasteiger partial charge in [-0.05, 0) is 36.3 Å². The number of halogens is 1. The summed E-state index contributed by atoms with van der Waals surface area (Å²) in [5.41, 5.74) is 3.54. The van der Waals surface area contributed by atoms with Gasteiger partial charge in [-0.15, -0.1) is 0 Å². The highest BCUT2D eigenvalue weighted by atomic mass is 79.9. The Hall–Kier alpha value is -0.500. The molecule has 0 bridgehead atoms. The first-order valence-corrected chi connectivity index (χ1v) is 8.84. The van der Waals surface area contributed by atoms with Gasteiger partial charge >= 0.3 is 0 Å². The maximum atomic E-state index is 3.82. The van der Waals surface area contributed by atoms with Crippen molar-refractivity contribution in [1.82, 2.24) is 0 Å². The van der Waals surface area contributed by atoms with E-state index in [9.17, 15) is 0 Å². The smallest absolute Gasteiger partial charge is 0.0399 e. The highest BCUT2D eigenvalue weighted by Crippen LogP contribution is 2.40. The van der Waals surface area contributed by atoms with Gasteiger partial charge in [-0.25, -0.2) is 0 Å². The van der Waals surface area contributed by atoms with Crippen LogP contribution in [0.3, 0.4) is 0 Å².